The molecule has 3 saturated heterocycles. The first-order valence-electron chi connectivity index (χ1n) is 9.61. The van der Waals surface area contributed by atoms with Crippen molar-refractivity contribution in [2.24, 2.45) is 5.92 Å². The molecule has 3 heterocycles. The molecule has 3 aliphatic heterocycles. The summed E-state index contributed by atoms with van der Waals surface area (Å²) in [6.45, 7) is 10.7. The number of morpholine rings is 1. The third-order valence-electron chi connectivity index (χ3n) is 5.76. The van der Waals surface area contributed by atoms with E-state index in [2.05, 4.69) is 36.0 Å². The fourth-order valence-corrected chi connectivity index (χ4v) is 4.39. The summed E-state index contributed by atoms with van der Waals surface area (Å²) in [4.78, 5) is 19.5. The Morgan fingerprint density at radius 2 is 1.96 bits per heavy atom. The van der Waals surface area contributed by atoms with Crippen LogP contribution in [0.1, 0.15) is 33.1 Å². The molecule has 1 N–H and O–H groups in total. The van der Waals surface area contributed by atoms with Crippen LogP contribution in [0.5, 0.6) is 0 Å². The van der Waals surface area contributed by atoms with E-state index in [-0.39, 0.29) is 12.1 Å². The van der Waals surface area contributed by atoms with E-state index in [4.69, 9.17) is 4.74 Å². The van der Waals surface area contributed by atoms with Crippen LogP contribution in [0.15, 0.2) is 0 Å². The molecule has 3 atom stereocenters. The quantitative estimate of drug-likeness (QED) is 0.837. The van der Waals surface area contributed by atoms with Gasteiger partial charge in [0.15, 0.2) is 0 Å². The summed E-state index contributed by atoms with van der Waals surface area (Å²) in [5.74, 6) is 0.669. The highest BCUT2D eigenvalue weighted by molar-refractivity contribution is 5.74. The van der Waals surface area contributed by atoms with Gasteiger partial charge in [0.1, 0.15) is 0 Å². The number of rotatable bonds is 4. The van der Waals surface area contributed by atoms with Gasteiger partial charge in [-0.1, -0.05) is 13.8 Å². The maximum atomic E-state index is 12.6. The van der Waals surface area contributed by atoms with E-state index in [0.717, 1.165) is 45.8 Å². The van der Waals surface area contributed by atoms with Crippen LogP contribution < -0.4 is 5.32 Å². The molecule has 0 aromatic rings. The van der Waals surface area contributed by atoms with Gasteiger partial charge in [-0.25, -0.2) is 4.79 Å². The Morgan fingerprint density at radius 1 is 1.17 bits per heavy atom. The number of carbonyl (C=O) groups excluding carboxylic acids is 1. The summed E-state index contributed by atoms with van der Waals surface area (Å²) in [7, 11) is 2.21. The van der Waals surface area contributed by atoms with Crippen molar-refractivity contribution < 1.29 is 9.53 Å². The smallest absolute Gasteiger partial charge is 0.317 e. The molecule has 3 unspecified atom stereocenters. The molecule has 3 rings (SSSR count). The lowest BCUT2D eigenvalue weighted by Crippen LogP contribution is -2.51. The molecule has 2 amide bonds. The molecule has 2 bridgehead atoms. The van der Waals surface area contributed by atoms with Gasteiger partial charge >= 0.3 is 6.03 Å². The summed E-state index contributed by atoms with van der Waals surface area (Å²) < 4.78 is 5.84. The van der Waals surface area contributed by atoms with Crippen LogP contribution in [-0.4, -0.2) is 91.8 Å². The van der Waals surface area contributed by atoms with Gasteiger partial charge in [0.25, 0.3) is 0 Å². The molecule has 0 aromatic carbocycles. The van der Waals surface area contributed by atoms with Crippen molar-refractivity contribution >= 4 is 6.03 Å². The SMILES string of the molecule is CC(C)CN1CCOC(CNC(=O)N2CCC3CCC(C2)N3C)C1. The molecule has 138 valence electrons. The first-order valence-corrected chi connectivity index (χ1v) is 9.61. The molecule has 0 aromatic heterocycles. The highest BCUT2D eigenvalue weighted by atomic mass is 16.5. The molecule has 0 saturated carbocycles. The van der Waals surface area contributed by atoms with Gasteiger partial charge in [-0.2, -0.15) is 0 Å². The number of urea groups is 1. The fourth-order valence-electron chi connectivity index (χ4n) is 4.39. The molecule has 0 spiro atoms. The lowest BCUT2D eigenvalue weighted by molar-refractivity contribution is -0.0294. The largest absolute Gasteiger partial charge is 0.374 e. The molecular weight excluding hydrogens is 304 g/mol. The second-order valence-electron chi connectivity index (χ2n) is 8.12. The normalized spacial score (nSPS) is 32.2. The number of nitrogens with zero attached hydrogens (tertiary/aromatic N) is 3. The molecule has 0 aliphatic carbocycles. The van der Waals surface area contributed by atoms with Crippen molar-refractivity contribution in [3.8, 4) is 0 Å². The molecule has 0 radical (unpaired) electrons. The number of hydrogen-bond acceptors (Lipinski definition) is 4. The van der Waals surface area contributed by atoms with E-state index in [0.29, 0.717) is 24.5 Å². The molecule has 6 nitrogen and oxygen atoms in total. The van der Waals surface area contributed by atoms with Crippen LogP contribution in [0.25, 0.3) is 0 Å². The van der Waals surface area contributed by atoms with Crippen molar-refractivity contribution in [1.82, 2.24) is 20.0 Å². The zero-order valence-corrected chi connectivity index (χ0v) is 15.5. The Balaban J connectivity index is 1.43. The van der Waals surface area contributed by atoms with E-state index < -0.39 is 0 Å². The molecular formula is C18H34N4O2. The third kappa shape index (κ3) is 4.41. The molecule has 24 heavy (non-hydrogen) atoms. The summed E-state index contributed by atoms with van der Waals surface area (Å²) in [5.41, 5.74) is 0. The minimum atomic E-state index is 0.0838. The molecule has 6 heteroatoms. The van der Waals surface area contributed by atoms with Gasteiger partial charge < -0.3 is 15.0 Å². The number of fused-ring (bicyclic) bond motifs is 2. The van der Waals surface area contributed by atoms with Crippen LogP contribution in [0, 0.1) is 5.92 Å². The minimum Gasteiger partial charge on any atom is -0.374 e. The topological polar surface area (TPSA) is 48.1 Å². The van der Waals surface area contributed by atoms with Crippen LogP contribution in [0.2, 0.25) is 0 Å². The predicted octanol–water partition coefficient (Wildman–Crippen LogP) is 1.22. The lowest BCUT2D eigenvalue weighted by Gasteiger charge is -2.34. The number of hydrogen-bond donors (Lipinski definition) is 1. The van der Waals surface area contributed by atoms with Gasteiger partial charge in [-0.05, 0) is 32.2 Å². The van der Waals surface area contributed by atoms with Crippen LogP contribution >= 0.6 is 0 Å². The Morgan fingerprint density at radius 3 is 2.75 bits per heavy atom. The number of nitrogens with one attached hydrogen (secondary N) is 1. The maximum absolute atomic E-state index is 12.6. The summed E-state index contributed by atoms with van der Waals surface area (Å²) in [6, 6.07) is 1.29. The number of ether oxygens (including phenoxy) is 1. The minimum absolute atomic E-state index is 0.0838. The fraction of sp³-hybridized carbons (Fsp3) is 0.944. The highest BCUT2D eigenvalue weighted by Gasteiger charge is 2.36. The lowest BCUT2D eigenvalue weighted by atomic mass is 10.1. The first kappa shape index (κ1) is 18.0. The maximum Gasteiger partial charge on any atom is 0.317 e. The number of likely N-dealkylation sites (tertiary alicyclic amines) is 1. The van der Waals surface area contributed by atoms with Crippen LogP contribution in [0.3, 0.4) is 0 Å². The first-order chi connectivity index (χ1) is 11.5. The van der Waals surface area contributed by atoms with Crippen molar-refractivity contribution in [1.29, 1.82) is 0 Å². The standard InChI is InChI=1S/C18H34N4O2/c1-14(2)11-21-8-9-24-17(13-21)10-19-18(23)22-7-6-15-4-5-16(12-22)20(15)3/h14-17H,4-13H2,1-3H3,(H,19,23). The molecule has 3 aliphatic rings. The number of likely N-dealkylation sites (N-methyl/N-ethyl adjacent to an activating group) is 1. The van der Waals surface area contributed by atoms with Crippen molar-refractivity contribution in [2.75, 3.05) is 52.9 Å². The van der Waals surface area contributed by atoms with Crippen LogP contribution in [-0.2, 0) is 4.74 Å². The van der Waals surface area contributed by atoms with Gasteiger partial charge in [-0.15, -0.1) is 0 Å². The predicted molar refractivity (Wildman–Crippen MR) is 95.2 cm³/mol. The van der Waals surface area contributed by atoms with E-state index in [1.54, 1.807) is 0 Å². The second-order valence-corrected chi connectivity index (χ2v) is 8.12. The average Bonchev–Trinajstić information content (AvgIpc) is 2.77. The zero-order chi connectivity index (χ0) is 17.1. The van der Waals surface area contributed by atoms with Crippen molar-refractivity contribution in [2.45, 2.75) is 51.3 Å². The van der Waals surface area contributed by atoms with Crippen molar-refractivity contribution in [3.05, 3.63) is 0 Å². The Kier molecular flexibility index (Phi) is 6.00. The Hall–Kier alpha value is -0.850. The Labute approximate surface area is 146 Å². The monoisotopic (exact) mass is 338 g/mol. The third-order valence-corrected chi connectivity index (χ3v) is 5.76. The van der Waals surface area contributed by atoms with Gasteiger partial charge in [0.2, 0.25) is 0 Å². The summed E-state index contributed by atoms with van der Waals surface area (Å²) >= 11 is 0. The van der Waals surface area contributed by atoms with Gasteiger partial charge in [0, 0.05) is 51.4 Å². The van der Waals surface area contributed by atoms with Gasteiger partial charge in [0.05, 0.1) is 12.7 Å². The van der Waals surface area contributed by atoms with E-state index >= 15 is 0 Å². The van der Waals surface area contributed by atoms with E-state index in [1.807, 2.05) is 4.90 Å². The average molecular weight is 338 g/mol. The van der Waals surface area contributed by atoms with Gasteiger partial charge in [-0.3, -0.25) is 9.80 Å². The van der Waals surface area contributed by atoms with E-state index in [1.165, 1.54) is 12.8 Å². The Bertz CT molecular complexity index is 431. The zero-order valence-electron chi connectivity index (χ0n) is 15.5. The van der Waals surface area contributed by atoms with Crippen molar-refractivity contribution in [3.63, 3.8) is 0 Å². The van der Waals surface area contributed by atoms with Crippen LogP contribution in [0.4, 0.5) is 4.79 Å². The molecule has 3 fully saturated rings. The highest BCUT2D eigenvalue weighted by Crippen LogP contribution is 2.28. The summed E-state index contributed by atoms with van der Waals surface area (Å²) in [5, 5.41) is 3.11. The number of carbonyl (C=O) groups is 1. The second kappa shape index (κ2) is 8.02. The number of amides is 2. The summed E-state index contributed by atoms with van der Waals surface area (Å²) in [6.07, 6.45) is 3.73. The van der Waals surface area contributed by atoms with E-state index in [9.17, 15) is 4.79 Å².